The van der Waals surface area contributed by atoms with E-state index in [0.717, 1.165) is 6.54 Å². The minimum absolute atomic E-state index is 0.0483. The van der Waals surface area contributed by atoms with Crippen molar-refractivity contribution in [3.63, 3.8) is 0 Å². The average Bonchev–Trinajstić information content (AvgIpc) is 2.75. The largest absolute Gasteiger partial charge is 0.310 e. The molecule has 9 heteroatoms. The summed E-state index contributed by atoms with van der Waals surface area (Å²) in [4.78, 5) is 0. The Labute approximate surface area is 131 Å². The third-order valence-electron chi connectivity index (χ3n) is 2.80. The Kier molecular flexibility index (Phi) is 6.61. The van der Waals surface area contributed by atoms with Gasteiger partial charge in [0.1, 0.15) is 0 Å². The Bertz CT molecular complexity index is 534. The summed E-state index contributed by atoms with van der Waals surface area (Å²) in [5.74, 6) is 0.607. The van der Waals surface area contributed by atoms with Crippen LogP contribution in [0.1, 0.15) is 34.6 Å². The van der Waals surface area contributed by atoms with Gasteiger partial charge in [-0.3, -0.25) is 0 Å². The lowest BCUT2D eigenvalue weighted by atomic mass is 10.1. The molecule has 1 aromatic rings. The van der Waals surface area contributed by atoms with E-state index in [9.17, 15) is 8.42 Å². The highest BCUT2D eigenvalue weighted by atomic mass is 32.2. The lowest BCUT2D eigenvalue weighted by Gasteiger charge is -2.20. The standard InChI is InChI=1S/C12H25N5O2S2/c1-10(2)21(18,19)9-8-20-11-14-15-16-17(11)7-6-13-12(3,4)5/h10,13H,6-9H2,1-5H3. The molecule has 0 saturated heterocycles. The molecule has 0 aliphatic carbocycles. The van der Waals surface area contributed by atoms with Gasteiger partial charge in [-0.15, -0.1) is 5.10 Å². The molecule has 0 unspecified atom stereocenters. The maximum Gasteiger partial charge on any atom is 0.209 e. The van der Waals surface area contributed by atoms with Crippen LogP contribution in [-0.2, 0) is 16.4 Å². The molecule has 0 radical (unpaired) electrons. The number of hydrogen-bond donors (Lipinski definition) is 1. The van der Waals surface area contributed by atoms with Gasteiger partial charge in [0.15, 0.2) is 9.84 Å². The smallest absolute Gasteiger partial charge is 0.209 e. The molecule has 0 bridgehead atoms. The molecule has 1 rings (SSSR count). The van der Waals surface area contributed by atoms with Crippen LogP contribution in [0.2, 0.25) is 0 Å². The van der Waals surface area contributed by atoms with Gasteiger partial charge in [-0.2, -0.15) is 0 Å². The second-order valence-corrected chi connectivity index (χ2v) is 9.86. The van der Waals surface area contributed by atoms with Gasteiger partial charge in [0.05, 0.1) is 17.5 Å². The van der Waals surface area contributed by atoms with Gasteiger partial charge < -0.3 is 5.32 Å². The Morgan fingerprint density at radius 1 is 1.33 bits per heavy atom. The second-order valence-electron chi connectivity index (χ2n) is 6.13. The minimum atomic E-state index is -3.01. The number of tetrazole rings is 1. The summed E-state index contributed by atoms with van der Waals surface area (Å²) in [6, 6.07) is 0. The first-order valence-electron chi connectivity index (χ1n) is 6.97. The predicted octanol–water partition coefficient (Wildman–Crippen LogP) is 0.976. The molecule has 0 amide bonds. The number of thioether (sulfide) groups is 1. The lowest BCUT2D eigenvalue weighted by Crippen LogP contribution is -2.38. The van der Waals surface area contributed by atoms with E-state index in [4.69, 9.17) is 0 Å². The van der Waals surface area contributed by atoms with E-state index in [2.05, 4.69) is 41.6 Å². The van der Waals surface area contributed by atoms with Crippen LogP contribution in [0.3, 0.4) is 0 Å². The van der Waals surface area contributed by atoms with Crippen molar-refractivity contribution in [1.82, 2.24) is 25.5 Å². The molecule has 0 aromatic carbocycles. The van der Waals surface area contributed by atoms with Gasteiger partial charge in [-0.25, -0.2) is 13.1 Å². The molecular formula is C12H25N5O2S2. The summed E-state index contributed by atoms with van der Waals surface area (Å²) in [5, 5.41) is 15.2. The Morgan fingerprint density at radius 2 is 2.00 bits per heavy atom. The Hall–Kier alpha value is -0.670. The number of sulfone groups is 1. The summed E-state index contributed by atoms with van der Waals surface area (Å²) in [6.45, 7) is 11.1. The van der Waals surface area contributed by atoms with Crippen molar-refractivity contribution in [3.8, 4) is 0 Å². The van der Waals surface area contributed by atoms with E-state index >= 15 is 0 Å². The van der Waals surface area contributed by atoms with Crippen LogP contribution in [0.15, 0.2) is 5.16 Å². The van der Waals surface area contributed by atoms with Crippen molar-refractivity contribution in [1.29, 1.82) is 0 Å². The van der Waals surface area contributed by atoms with E-state index in [-0.39, 0.29) is 16.5 Å². The van der Waals surface area contributed by atoms with Crippen LogP contribution in [0, 0.1) is 0 Å². The highest BCUT2D eigenvalue weighted by molar-refractivity contribution is 8.00. The number of nitrogens with one attached hydrogen (secondary N) is 1. The Balaban J connectivity index is 2.45. The molecule has 0 aliphatic heterocycles. The molecular weight excluding hydrogens is 310 g/mol. The van der Waals surface area contributed by atoms with Crippen molar-refractivity contribution in [2.24, 2.45) is 0 Å². The van der Waals surface area contributed by atoms with Crippen LogP contribution in [0.25, 0.3) is 0 Å². The molecule has 1 aromatic heterocycles. The fourth-order valence-corrected chi connectivity index (χ4v) is 3.75. The molecule has 0 spiro atoms. The molecule has 7 nitrogen and oxygen atoms in total. The van der Waals surface area contributed by atoms with Crippen molar-refractivity contribution in [2.75, 3.05) is 18.1 Å². The van der Waals surface area contributed by atoms with Crippen molar-refractivity contribution in [2.45, 2.75) is 57.1 Å². The molecule has 122 valence electrons. The first kappa shape index (κ1) is 18.4. The van der Waals surface area contributed by atoms with E-state index in [0.29, 0.717) is 17.5 Å². The predicted molar refractivity (Wildman–Crippen MR) is 85.2 cm³/mol. The van der Waals surface area contributed by atoms with E-state index in [1.165, 1.54) is 11.8 Å². The quantitative estimate of drug-likeness (QED) is 0.708. The summed E-state index contributed by atoms with van der Waals surface area (Å²) >= 11 is 1.38. The third-order valence-corrected chi connectivity index (χ3v) is 6.22. The fourth-order valence-electron chi connectivity index (χ4n) is 1.46. The van der Waals surface area contributed by atoms with Gasteiger partial charge in [-0.1, -0.05) is 11.8 Å². The maximum atomic E-state index is 11.7. The number of aromatic nitrogens is 4. The van der Waals surface area contributed by atoms with Gasteiger partial charge >= 0.3 is 0 Å². The summed E-state index contributed by atoms with van der Waals surface area (Å²) < 4.78 is 25.2. The third kappa shape index (κ3) is 6.75. The molecule has 1 N–H and O–H groups in total. The maximum absolute atomic E-state index is 11.7. The minimum Gasteiger partial charge on any atom is -0.310 e. The van der Waals surface area contributed by atoms with Crippen molar-refractivity contribution < 1.29 is 8.42 Å². The zero-order chi connectivity index (χ0) is 16.1. The van der Waals surface area contributed by atoms with Crippen LogP contribution in [0.4, 0.5) is 0 Å². The van der Waals surface area contributed by atoms with Crippen LogP contribution < -0.4 is 5.32 Å². The van der Waals surface area contributed by atoms with E-state index < -0.39 is 9.84 Å². The molecule has 0 atom stereocenters. The number of hydrogen-bond acceptors (Lipinski definition) is 7. The van der Waals surface area contributed by atoms with Gasteiger partial charge in [0, 0.05) is 17.8 Å². The van der Waals surface area contributed by atoms with Crippen LogP contribution >= 0.6 is 11.8 Å². The zero-order valence-corrected chi connectivity index (χ0v) is 15.0. The summed E-state index contributed by atoms with van der Waals surface area (Å²) in [5.41, 5.74) is 0.0483. The molecule has 21 heavy (non-hydrogen) atoms. The highest BCUT2D eigenvalue weighted by Crippen LogP contribution is 2.15. The molecule has 0 fully saturated rings. The normalized spacial score (nSPS) is 13.0. The average molecular weight is 335 g/mol. The summed E-state index contributed by atoms with van der Waals surface area (Å²) in [6.07, 6.45) is 0. The highest BCUT2D eigenvalue weighted by Gasteiger charge is 2.17. The molecule has 1 heterocycles. The van der Waals surface area contributed by atoms with Crippen molar-refractivity contribution in [3.05, 3.63) is 0 Å². The van der Waals surface area contributed by atoms with Gasteiger partial charge in [0.25, 0.3) is 0 Å². The number of rotatable bonds is 8. The molecule has 0 aliphatic rings. The van der Waals surface area contributed by atoms with Crippen LogP contribution in [0.5, 0.6) is 0 Å². The van der Waals surface area contributed by atoms with Gasteiger partial charge in [0.2, 0.25) is 5.16 Å². The van der Waals surface area contributed by atoms with Crippen LogP contribution in [-0.4, -0.2) is 57.5 Å². The lowest BCUT2D eigenvalue weighted by molar-refractivity contribution is 0.396. The Morgan fingerprint density at radius 3 is 2.57 bits per heavy atom. The monoisotopic (exact) mass is 335 g/mol. The first-order valence-corrected chi connectivity index (χ1v) is 9.67. The SMILES string of the molecule is CC(C)S(=O)(=O)CCSc1nnnn1CCNC(C)(C)C. The van der Waals surface area contributed by atoms with Crippen molar-refractivity contribution >= 4 is 21.6 Å². The zero-order valence-electron chi connectivity index (χ0n) is 13.3. The molecule has 0 saturated carbocycles. The number of nitrogens with zero attached hydrogens (tertiary/aromatic N) is 4. The van der Waals surface area contributed by atoms with E-state index in [1.807, 2.05) is 0 Å². The topological polar surface area (TPSA) is 89.8 Å². The fraction of sp³-hybridized carbons (Fsp3) is 0.917. The first-order chi connectivity index (χ1) is 9.62. The van der Waals surface area contributed by atoms with E-state index in [1.54, 1.807) is 18.5 Å². The van der Waals surface area contributed by atoms with Gasteiger partial charge in [-0.05, 0) is 45.0 Å². The summed E-state index contributed by atoms with van der Waals surface area (Å²) in [7, 11) is -3.01. The second kappa shape index (κ2) is 7.55.